The van der Waals surface area contributed by atoms with Crippen LogP contribution in [0.25, 0.3) is 0 Å². The Hall–Kier alpha value is -3.23. The van der Waals surface area contributed by atoms with Gasteiger partial charge in [-0.05, 0) is 48.5 Å². The minimum Gasteiger partial charge on any atom is -0.467 e. The van der Waals surface area contributed by atoms with E-state index in [0.717, 1.165) is 6.20 Å². The molecule has 0 radical (unpaired) electrons. The van der Waals surface area contributed by atoms with Crippen molar-refractivity contribution in [2.24, 2.45) is 0 Å². The molecule has 0 atom stereocenters. The van der Waals surface area contributed by atoms with Gasteiger partial charge in [0.1, 0.15) is 0 Å². The van der Waals surface area contributed by atoms with Gasteiger partial charge in [0.25, 0.3) is 11.8 Å². The maximum atomic E-state index is 14.4. The van der Waals surface area contributed by atoms with Crippen molar-refractivity contribution >= 4 is 40.8 Å². The van der Waals surface area contributed by atoms with Gasteiger partial charge in [-0.3, -0.25) is 15.0 Å². The first-order valence-corrected chi connectivity index (χ1v) is 8.87. The highest BCUT2D eigenvalue weighted by molar-refractivity contribution is 6.31. The molecule has 29 heavy (non-hydrogen) atoms. The highest BCUT2D eigenvalue weighted by Gasteiger charge is 2.26. The van der Waals surface area contributed by atoms with E-state index in [9.17, 15) is 14.0 Å². The van der Waals surface area contributed by atoms with Crippen molar-refractivity contribution in [3.63, 3.8) is 0 Å². The number of carbonyl (C=O) groups excluding carboxylic acids is 2. The topological polar surface area (TPSA) is 84.4 Å². The zero-order valence-electron chi connectivity index (χ0n) is 14.9. The quantitative estimate of drug-likeness (QED) is 0.628. The number of methoxy groups -OCH3 is 1. The number of nitrogens with one attached hydrogen (secondary N) is 1. The number of amides is 2. The molecule has 1 N–H and O–H groups in total. The van der Waals surface area contributed by atoms with Crippen molar-refractivity contribution in [2.45, 2.75) is 0 Å². The fourth-order valence-corrected chi connectivity index (χ4v) is 2.54. The first kappa shape index (κ1) is 20.5. The van der Waals surface area contributed by atoms with Crippen molar-refractivity contribution in [3.05, 3.63) is 81.7 Å². The van der Waals surface area contributed by atoms with E-state index in [1.807, 2.05) is 0 Å². The molecule has 0 spiro atoms. The van der Waals surface area contributed by atoms with Gasteiger partial charge < -0.3 is 4.74 Å². The summed E-state index contributed by atoms with van der Waals surface area (Å²) in [7, 11) is 1.29. The van der Waals surface area contributed by atoms with Crippen molar-refractivity contribution in [3.8, 4) is 6.01 Å². The summed E-state index contributed by atoms with van der Waals surface area (Å²) < 4.78 is 19.3. The minimum absolute atomic E-state index is 0.141. The Labute approximate surface area is 175 Å². The van der Waals surface area contributed by atoms with Gasteiger partial charge in [0.2, 0.25) is 0 Å². The number of hydrazine groups is 1. The Morgan fingerprint density at radius 2 is 1.55 bits per heavy atom. The average Bonchev–Trinajstić information content (AvgIpc) is 2.73. The van der Waals surface area contributed by atoms with Crippen LogP contribution in [0, 0.1) is 5.82 Å². The molecule has 3 rings (SSSR count). The highest BCUT2D eigenvalue weighted by Crippen LogP contribution is 2.20. The van der Waals surface area contributed by atoms with E-state index in [-0.39, 0.29) is 17.1 Å². The van der Waals surface area contributed by atoms with Gasteiger partial charge in [-0.2, -0.15) is 9.99 Å². The Morgan fingerprint density at radius 1 is 1.00 bits per heavy atom. The molecular formula is C19H13Cl2FN4O3. The van der Waals surface area contributed by atoms with Crippen LogP contribution in [0.3, 0.4) is 0 Å². The van der Waals surface area contributed by atoms with Gasteiger partial charge in [0, 0.05) is 21.2 Å². The summed E-state index contributed by atoms with van der Waals surface area (Å²) in [6.45, 7) is 0. The number of aromatic nitrogens is 2. The van der Waals surface area contributed by atoms with Crippen LogP contribution in [0.4, 0.5) is 10.2 Å². The van der Waals surface area contributed by atoms with Gasteiger partial charge in [-0.15, -0.1) is 0 Å². The van der Waals surface area contributed by atoms with E-state index < -0.39 is 23.4 Å². The lowest BCUT2D eigenvalue weighted by Crippen LogP contribution is -2.47. The number of halogens is 3. The first-order valence-electron chi connectivity index (χ1n) is 8.12. The van der Waals surface area contributed by atoms with Crippen molar-refractivity contribution in [1.82, 2.24) is 15.4 Å². The van der Waals surface area contributed by atoms with Crippen LogP contribution < -0.4 is 15.2 Å². The highest BCUT2D eigenvalue weighted by atomic mass is 35.5. The number of carbonyl (C=O) groups is 2. The average molecular weight is 435 g/mol. The predicted octanol–water partition coefficient (Wildman–Crippen LogP) is 3.92. The Morgan fingerprint density at radius 3 is 2.10 bits per heavy atom. The monoisotopic (exact) mass is 434 g/mol. The number of hydrogen-bond acceptors (Lipinski definition) is 5. The van der Waals surface area contributed by atoms with E-state index >= 15 is 0 Å². The number of benzene rings is 2. The molecule has 3 aromatic rings. The van der Waals surface area contributed by atoms with Gasteiger partial charge >= 0.3 is 6.01 Å². The third kappa shape index (κ3) is 4.79. The van der Waals surface area contributed by atoms with Gasteiger partial charge in [-0.25, -0.2) is 9.37 Å². The lowest BCUT2D eigenvalue weighted by molar-refractivity contribution is 0.0885. The summed E-state index contributed by atoms with van der Waals surface area (Å²) in [5, 5.41) is 1.52. The van der Waals surface area contributed by atoms with Crippen molar-refractivity contribution in [1.29, 1.82) is 0 Å². The van der Waals surface area contributed by atoms with Crippen molar-refractivity contribution in [2.75, 3.05) is 12.1 Å². The summed E-state index contributed by atoms with van der Waals surface area (Å²) in [5.74, 6) is -2.85. The van der Waals surface area contributed by atoms with Crippen LogP contribution in [0.1, 0.15) is 20.7 Å². The van der Waals surface area contributed by atoms with Gasteiger partial charge in [-0.1, -0.05) is 23.2 Å². The van der Waals surface area contributed by atoms with E-state index in [4.69, 9.17) is 27.9 Å². The summed E-state index contributed by atoms with van der Waals surface area (Å²) in [6.07, 6.45) is 0.831. The molecule has 0 saturated carbocycles. The predicted molar refractivity (Wildman–Crippen MR) is 106 cm³/mol. The first-order chi connectivity index (χ1) is 13.9. The number of ether oxygens (including phenoxy) is 1. The van der Waals surface area contributed by atoms with Crippen LogP contribution in [0.15, 0.2) is 54.7 Å². The maximum Gasteiger partial charge on any atom is 0.318 e. The van der Waals surface area contributed by atoms with Crippen molar-refractivity contribution < 1.29 is 18.7 Å². The van der Waals surface area contributed by atoms with E-state index in [1.54, 1.807) is 0 Å². The van der Waals surface area contributed by atoms with Crippen LogP contribution >= 0.6 is 23.2 Å². The van der Waals surface area contributed by atoms with Crippen LogP contribution in [-0.2, 0) is 0 Å². The fraction of sp³-hybridized carbons (Fsp3) is 0.0526. The lowest BCUT2D eigenvalue weighted by atomic mass is 10.2. The molecule has 10 heteroatoms. The Balaban J connectivity index is 2.01. The third-order valence-electron chi connectivity index (χ3n) is 3.71. The second-order valence-electron chi connectivity index (χ2n) is 5.62. The summed E-state index contributed by atoms with van der Waals surface area (Å²) >= 11 is 11.7. The molecule has 2 aromatic carbocycles. The molecule has 2 amide bonds. The number of hydrogen-bond donors (Lipinski definition) is 1. The largest absolute Gasteiger partial charge is 0.467 e. The molecular weight excluding hydrogens is 422 g/mol. The molecule has 1 aromatic heterocycles. The molecule has 0 bridgehead atoms. The maximum absolute atomic E-state index is 14.4. The zero-order chi connectivity index (χ0) is 21.0. The Kier molecular flexibility index (Phi) is 6.26. The molecule has 0 unspecified atom stereocenters. The molecule has 0 aliphatic heterocycles. The van der Waals surface area contributed by atoms with E-state index in [0.29, 0.717) is 15.1 Å². The van der Waals surface area contributed by atoms with E-state index in [2.05, 4.69) is 15.4 Å². The molecule has 0 aliphatic rings. The third-order valence-corrected chi connectivity index (χ3v) is 4.22. The summed E-state index contributed by atoms with van der Waals surface area (Å²) in [6, 6.07) is 11.6. The number of rotatable bonds is 4. The fourth-order valence-electron chi connectivity index (χ4n) is 2.29. The number of nitrogens with zero attached hydrogens (tertiary/aromatic N) is 3. The van der Waals surface area contributed by atoms with Gasteiger partial charge in [0.15, 0.2) is 11.6 Å². The van der Waals surface area contributed by atoms with Crippen LogP contribution in [0.2, 0.25) is 10.0 Å². The van der Waals surface area contributed by atoms with Crippen LogP contribution in [0.5, 0.6) is 6.01 Å². The van der Waals surface area contributed by atoms with Gasteiger partial charge in [0.05, 0.1) is 13.3 Å². The zero-order valence-corrected chi connectivity index (χ0v) is 16.4. The second-order valence-corrected chi connectivity index (χ2v) is 6.50. The standard InChI is InChI=1S/C19H13Cl2FN4O3/c1-29-19-23-10-15(22)16(24-19)26(18(28)12-4-8-14(21)9-5-12)25-17(27)11-2-6-13(20)7-3-11/h2-10H,1H3,(H,25,27). The summed E-state index contributed by atoms with van der Waals surface area (Å²) in [5.41, 5.74) is 2.70. The minimum atomic E-state index is -0.940. The molecule has 1 heterocycles. The van der Waals surface area contributed by atoms with Crippen LogP contribution in [-0.4, -0.2) is 28.9 Å². The molecule has 148 valence electrons. The van der Waals surface area contributed by atoms with E-state index in [1.165, 1.54) is 55.6 Å². The Bertz CT molecular complexity index is 1050. The smallest absolute Gasteiger partial charge is 0.318 e. The number of anilines is 1. The SMILES string of the molecule is COc1ncc(F)c(N(NC(=O)c2ccc(Cl)cc2)C(=O)c2ccc(Cl)cc2)n1. The normalized spacial score (nSPS) is 10.3. The second kappa shape index (κ2) is 8.85. The molecule has 0 saturated heterocycles. The lowest BCUT2D eigenvalue weighted by Gasteiger charge is -2.23. The molecule has 0 fully saturated rings. The molecule has 7 nitrogen and oxygen atoms in total. The summed E-state index contributed by atoms with van der Waals surface area (Å²) in [4.78, 5) is 33.1. The molecule has 0 aliphatic carbocycles.